The Kier molecular flexibility index (Phi) is 4.99. The predicted molar refractivity (Wildman–Crippen MR) is 93.9 cm³/mol. The van der Waals surface area contributed by atoms with E-state index >= 15 is 0 Å². The van der Waals surface area contributed by atoms with Gasteiger partial charge in [0.25, 0.3) is 0 Å². The van der Waals surface area contributed by atoms with Crippen LogP contribution in [-0.2, 0) is 10.2 Å². The van der Waals surface area contributed by atoms with Gasteiger partial charge in [-0.25, -0.2) is 4.79 Å². The molecule has 3 rings (SSSR count). The van der Waals surface area contributed by atoms with Crippen LogP contribution in [0.3, 0.4) is 0 Å². The maximum atomic E-state index is 12.5. The molecule has 0 unspecified atom stereocenters. The van der Waals surface area contributed by atoms with Crippen LogP contribution >= 0.6 is 11.6 Å². The molecule has 1 saturated carbocycles. The largest absolute Gasteiger partial charge is 0.355 e. The van der Waals surface area contributed by atoms with E-state index in [1.165, 1.54) is 12.0 Å². The second-order valence-corrected chi connectivity index (χ2v) is 7.42. The Morgan fingerprint density at radius 3 is 2.54 bits per heavy atom. The monoisotopic (exact) mass is 349 g/mol. The van der Waals surface area contributed by atoms with Gasteiger partial charge in [0, 0.05) is 30.1 Å². The second-order valence-electron chi connectivity index (χ2n) is 6.98. The molecule has 6 heteroatoms. The van der Waals surface area contributed by atoms with Crippen LogP contribution in [0.5, 0.6) is 0 Å². The summed E-state index contributed by atoms with van der Waals surface area (Å²) < 4.78 is 0. The van der Waals surface area contributed by atoms with E-state index in [0.29, 0.717) is 19.6 Å². The van der Waals surface area contributed by atoms with Gasteiger partial charge < -0.3 is 16.0 Å². The predicted octanol–water partition coefficient (Wildman–Crippen LogP) is 2.67. The van der Waals surface area contributed by atoms with Gasteiger partial charge in [0.2, 0.25) is 5.91 Å². The molecule has 2 aliphatic rings. The van der Waals surface area contributed by atoms with E-state index in [0.717, 1.165) is 30.7 Å². The molecule has 1 atom stereocenters. The molecule has 1 aromatic rings. The minimum absolute atomic E-state index is 0.0261. The number of nitrogens with zero attached hydrogens (tertiary/aromatic N) is 1. The fourth-order valence-electron chi connectivity index (χ4n) is 3.77. The number of piperidine rings is 1. The molecule has 1 aliphatic carbocycles. The van der Waals surface area contributed by atoms with Crippen molar-refractivity contribution in [1.29, 1.82) is 0 Å². The number of likely N-dealkylation sites (tertiary alicyclic amines) is 1. The lowest BCUT2D eigenvalue weighted by Gasteiger charge is -2.43. The maximum absolute atomic E-state index is 12.5. The molecule has 130 valence electrons. The number of carbonyl (C=O) groups is 2. The van der Waals surface area contributed by atoms with Crippen molar-refractivity contribution in [3.63, 3.8) is 0 Å². The highest BCUT2D eigenvalue weighted by atomic mass is 35.5. The topological polar surface area (TPSA) is 75.4 Å². The minimum atomic E-state index is -0.441. The third kappa shape index (κ3) is 3.51. The zero-order chi connectivity index (χ0) is 17.2. The SMILES string of the molecule is NC(=O)N1CCC[C@@H](C(=O)NCC2(c3ccc(Cl)cc3)CCC2)C1. The Balaban J connectivity index is 1.60. The van der Waals surface area contributed by atoms with Crippen molar-refractivity contribution in [2.75, 3.05) is 19.6 Å². The van der Waals surface area contributed by atoms with E-state index in [4.69, 9.17) is 17.3 Å². The number of hydrogen-bond acceptors (Lipinski definition) is 2. The molecule has 2 fully saturated rings. The molecular formula is C18H24ClN3O2. The van der Waals surface area contributed by atoms with Gasteiger partial charge in [-0.1, -0.05) is 30.2 Å². The average molecular weight is 350 g/mol. The number of rotatable bonds is 4. The van der Waals surface area contributed by atoms with Gasteiger partial charge in [-0.2, -0.15) is 0 Å². The number of hydrogen-bond donors (Lipinski definition) is 2. The zero-order valence-corrected chi connectivity index (χ0v) is 14.5. The molecule has 3 amide bonds. The van der Waals surface area contributed by atoms with E-state index in [-0.39, 0.29) is 17.2 Å². The van der Waals surface area contributed by atoms with Crippen molar-refractivity contribution in [3.8, 4) is 0 Å². The van der Waals surface area contributed by atoms with Gasteiger partial charge in [0.05, 0.1) is 5.92 Å². The first-order valence-electron chi connectivity index (χ1n) is 8.58. The molecule has 0 radical (unpaired) electrons. The van der Waals surface area contributed by atoms with Crippen LogP contribution in [-0.4, -0.2) is 36.5 Å². The number of benzene rings is 1. The first-order valence-corrected chi connectivity index (χ1v) is 8.96. The highest BCUT2D eigenvalue weighted by Gasteiger charge is 2.39. The van der Waals surface area contributed by atoms with Crippen molar-refractivity contribution in [2.24, 2.45) is 11.7 Å². The van der Waals surface area contributed by atoms with E-state index in [1.807, 2.05) is 12.1 Å². The molecular weight excluding hydrogens is 326 g/mol. The molecule has 1 aromatic carbocycles. The Morgan fingerprint density at radius 1 is 1.25 bits per heavy atom. The number of carbonyl (C=O) groups excluding carboxylic acids is 2. The molecule has 24 heavy (non-hydrogen) atoms. The van der Waals surface area contributed by atoms with Gasteiger partial charge in [-0.3, -0.25) is 4.79 Å². The Labute approximate surface area is 147 Å². The van der Waals surface area contributed by atoms with E-state index in [9.17, 15) is 9.59 Å². The number of urea groups is 1. The normalized spacial score (nSPS) is 22.5. The third-order valence-electron chi connectivity index (χ3n) is 5.47. The second kappa shape index (κ2) is 7.01. The molecule has 0 bridgehead atoms. The van der Waals surface area contributed by atoms with Gasteiger partial charge >= 0.3 is 6.03 Å². The average Bonchev–Trinajstić information content (AvgIpc) is 2.55. The summed E-state index contributed by atoms with van der Waals surface area (Å²) >= 11 is 5.98. The third-order valence-corrected chi connectivity index (χ3v) is 5.72. The first kappa shape index (κ1) is 17.1. The summed E-state index contributed by atoms with van der Waals surface area (Å²) in [5.41, 5.74) is 6.60. The quantitative estimate of drug-likeness (QED) is 0.876. The Morgan fingerprint density at radius 2 is 1.96 bits per heavy atom. The molecule has 1 saturated heterocycles. The van der Waals surface area contributed by atoms with Crippen LogP contribution < -0.4 is 11.1 Å². The fraction of sp³-hybridized carbons (Fsp3) is 0.556. The van der Waals surface area contributed by atoms with Crippen molar-refractivity contribution in [2.45, 2.75) is 37.5 Å². The van der Waals surface area contributed by atoms with Crippen molar-refractivity contribution >= 4 is 23.5 Å². The van der Waals surface area contributed by atoms with Crippen LogP contribution in [0.1, 0.15) is 37.7 Å². The summed E-state index contributed by atoms with van der Waals surface area (Å²) in [7, 11) is 0. The summed E-state index contributed by atoms with van der Waals surface area (Å²) in [6.07, 6.45) is 4.96. The number of primary amides is 1. The molecule has 1 heterocycles. The van der Waals surface area contributed by atoms with Crippen LogP contribution in [0.25, 0.3) is 0 Å². The summed E-state index contributed by atoms with van der Waals surface area (Å²) in [6.45, 7) is 1.71. The smallest absolute Gasteiger partial charge is 0.314 e. The Hall–Kier alpha value is -1.75. The van der Waals surface area contributed by atoms with Gasteiger partial charge in [0.1, 0.15) is 0 Å². The van der Waals surface area contributed by atoms with Gasteiger partial charge in [-0.05, 0) is 43.4 Å². The van der Waals surface area contributed by atoms with Crippen LogP contribution in [0.4, 0.5) is 4.79 Å². The fourth-order valence-corrected chi connectivity index (χ4v) is 3.89. The maximum Gasteiger partial charge on any atom is 0.314 e. The standard InChI is InChI=1S/C18H24ClN3O2/c19-15-6-4-14(5-7-15)18(8-2-9-18)12-21-16(23)13-3-1-10-22(11-13)17(20)24/h4-7,13H,1-3,8-12H2,(H2,20,24)(H,21,23)/t13-/m1/s1. The summed E-state index contributed by atoms with van der Waals surface area (Å²) in [5, 5.41) is 3.84. The highest BCUT2D eigenvalue weighted by molar-refractivity contribution is 6.30. The highest BCUT2D eigenvalue weighted by Crippen LogP contribution is 2.43. The van der Waals surface area contributed by atoms with Crippen LogP contribution in [0.15, 0.2) is 24.3 Å². The van der Waals surface area contributed by atoms with Gasteiger partial charge in [-0.15, -0.1) is 0 Å². The zero-order valence-electron chi connectivity index (χ0n) is 13.8. The van der Waals surface area contributed by atoms with E-state index in [1.54, 1.807) is 4.90 Å². The molecule has 0 spiro atoms. The molecule has 1 aliphatic heterocycles. The van der Waals surface area contributed by atoms with Crippen molar-refractivity contribution in [1.82, 2.24) is 10.2 Å². The Bertz CT molecular complexity index is 613. The molecule has 5 nitrogen and oxygen atoms in total. The number of amides is 3. The minimum Gasteiger partial charge on any atom is -0.355 e. The van der Waals surface area contributed by atoms with Crippen LogP contribution in [0, 0.1) is 5.92 Å². The van der Waals surface area contributed by atoms with E-state index < -0.39 is 6.03 Å². The molecule has 3 N–H and O–H groups in total. The summed E-state index contributed by atoms with van der Waals surface area (Å²) in [6, 6.07) is 7.49. The van der Waals surface area contributed by atoms with Crippen molar-refractivity contribution in [3.05, 3.63) is 34.9 Å². The summed E-state index contributed by atoms with van der Waals surface area (Å²) in [4.78, 5) is 25.4. The lowest BCUT2D eigenvalue weighted by atomic mass is 9.64. The molecule has 0 aromatic heterocycles. The van der Waals surface area contributed by atoms with Crippen LogP contribution in [0.2, 0.25) is 5.02 Å². The lowest BCUT2D eigenvalue weighted by Crippen LogP contribution is -2.50. The summed E-state index contributed by atoms with van der Waals surface area (Å²) in [5.74, 6) is -0.130. The van der Waals surface area contributed by atoms with Crippen molar-refractivity contribution < 1.29 is 9.59 Å². The number of nitrogens with two attached hydrogens (primary N) is 1. The number of nitrogens with one attached hydrogen (secondary N) is 1. The van der Waals surface area contributed by atoms with E-state index in [2.05, 4.69) is 17.4 Å². The lowest BCUT2D eigenvalue weighted by molar-refractivity contribution is -0.126. The number of halogens is 1. The first-order chi connectivity index (χ1) is 11.5. The van der Waals surface area contributed by atoms with Gasteiger partial charge in [0.15, 0.2) is 0 Å².